The van der Waals surface area contributed by atoms with Gasteiger partial charge in [-0.05, 0) is 12.5 Å². The lowest BCUT2D eigenvalue weighted by Crippen LogP contribution is -2.38. The molecule has 0 bridgehead atoms. The van der Waals surface area contributed by atoms with Crippen LogP contribution in [0.1, 0.15) is 33.1 Å². The summed E-state index contributed by atoms with van der Waals surface area (Å²) in [6.07, 6.45) is 9.51. The highest BCUT2D eigenvalue weighted by molar-refractivity contribution is 5.72. The van der Waals surface area contributed by atoms with Gasteiger partial charge in [-0.2, -0.15) is 0 Å². The van der Waals surface area contributed by atoms with Crippen LogP contribution in [0.3, 0.4) is 0 Å². The number of hydrogen-bond donors (Lipinski definition) is 1. The molecule has 2 N–H and O–H groups in total. The van der Waals surface area contributed by atoms with Crippen molar-refractivity contribution in [2.75, 3.05) is 0 Å². The summed E-state index contributed by atoms with van der Waals surface area (Å²) in [7, 11) is 0. The quantitative estimate of drug-likeness (QED) is 0.685. The lowest BCUT2D eigenvalue weighted by atomic mass is 9.81. The third kappa shape index (κ3) is 1.95. The number of aliphatic imine (C=N–C) groups is 1. The molecule has 0 aromatic carbocycles. The lowest BCUT2D eigenvalue weighted by Gasteiger charge is -2.31. The molecule has 68 valence electrons. The second-order valence-electron chi connectivity index (χ2n) is 3.71. The number of dihydropyridines is 1. The summed E-state index contributed by atoms with van der Waals surface area (Å²) in [5.74, 6) is 0. The van der Waals surface area contributed by atoms with Gasteiger partial charge in [0, 0.05) is 11.6 Å². The van der Waals surface area contributed by atoms with E-state index in [4.69, 9.17) is 5.73 Å². The highest BCUT2D eigenvalue weighted by atomic mass is 15.0. The molecule has 1 aliphatic heterocycles. The molecule has 0 spiro atoms. The van der Waals surface area contributed by atoms with Crippen molar-refractivity contribution in [3.05, 3.63) is 12.2 Å². The number of nitrogens with zero attached hydrogens (tertiary/aromatic N) is 1. The summed E-state index contributed by atoms with van der Waals surface area (Å²) >= 11 is 0. The van der Waals surface area contributed by atoms with Crippen molar-refractivity contribution in [3.63, 3.8) is 0 Å². The van der Waals surface area contributed by atoms with E-state index in [0.29, 0.717) is 0 Å². The minimum absolute atomic E-state index is 0.0472. The van der Waals surface area contributed by atoms with Gasteiger partial charge in [0.25, 0.3) is 0 Å². The van der Waals surface area contributed by atoms with E-state index in [1.54, 1.807) is 6.21 Å². The van der Waals surface area contributed by atoms with Gasteiger partial charge >= 0.3 is 0 Å². The monoisotopic (exact) mass is 166 g/mol. The Hall–Kier alpha value is -0.630. The third-order valence-electron chi connectivity index (χ3n) is 2.55. The molecular formula is C10H18N2. The van der Waals surface area contributed by atoms with Gasteiger partial charge in [-0.3, -0.25) is 4.99 Å². The SMILES string of the molecule is CCCCC1(C)C=CC=NC1N. The first-order valence-corrected chi connectivity index (χ1v) is 4.65. The number of nitrogens with two attached hydrogens (primary N) is 1. The molecule has 1 aliphatic rings. The molecule has 2 unspecified atom stereocenters. The van der Waals surface area contributed by atoms with Crippen molar-refractivity contribution in [1.29, 1.82) is 0 Å². The van der Waals surface area contributed by atoms with Gasteiger partial charge in [-0.1, -0.05) is 32.8 Å². The summed E-state index contributed by atoms with van der Waals surface area (Å²) in [5, 5.41) is 0. The largest absolute Gasteiger partial charge is 0.309 e. The minimum atomic E-state index is -0.0472. The van der Waals surface area contributed by atoms with Crippen molar-refractivity contribution in [3.8, 4) is 0 Å². The fourth-order valence-electron chi connectivity index (χ4n) is 1.46. The highest BCUT2D eigenvalue weighted by Gasteiger charge is 2.28. The van der Waals surface area contributed by atoms with E-state index in [-0.39, 0.29) is 11.6 Å². The number of rotatable bonds is 3. The average Bonchev–Trinajstić information content (AvgIpc) is 2.07. The molecule has 0 aliphatic carbocycles. The minimum Gasteiger partial charge on any atom is -0.309 e. The maximum Gasteiger partial charge on any atom is 0.106 e. The Labute approximate surface area is 74.6 Å². The van der Waals surface area contributed by atoms with Gasteiger partial charge in [0.15, 0.2) is 0 Å². The number of allylic oxidation sites excluding steroid dienone is 1. The van der Waals surface area contributed by atoms with Crippen LogP contribution in [0.4, 0.5) is 0 Å². The van der Waals surface area contributed by atoms with Crippen LogP contribution in [0.15, 0.2) is 17.1 Å². The van der Waals surface area contributed by atoms with Crippen LogP contribution in [0.2, 0.25) is 0 Å². The second-order valence-corrected chi connectivity index (χ2v) is 3.71. The summed E-state index contributed by atoms with van der Waals surface area (Å²) in [6.45, 7) is 4.38. The lowest BCUT2D eigenvalue weighted by molar-refractivity contribution is 0.306. The topological polar surface area (TPSA) is 38.4 Å². The first-order valence-electron chi connectivity index (χ1n) is 4.65. The maximum atomic E-state index is 5.90. The molecule has 2 atom stereocenters. The molecule has 2 heteroatoms. The van der Waals surface area contributed by atoms with Gasteiger partial charge in [-0.15, -0.1) is 0 Å². The second kappa shape index (κ2) is 3.85. The molecule has 0 fully saturated rings. The Kier molecular flexibility index (Phi) is 3.04. The summed E-state index contributed by atoms with van der Waals surface area (Å²) in [6, 6.07) is 0. The van der Waals surface area contributed by atoms with Crippen LogP contribution in [-0.2, 0) is 0 Å². The van der Waals surface area contributed by atoms with E-state index in [2.05, 4.69) is 24.9 Å². The molecule has 0 amide bonds. The Morgan fingerprint density at radius 3 is 2.92 bits per heavy atom. The molecule has 1 heterocycles. The molecule has 0 radical (unpaired) electrons. The van der Waals surface area contributed by atoms with E-state index < -0.39 is 0 Å². The van der Waals surface area contributed by atoms with E-state index in [1.165, 1.54) is 12.8 Å². The normalized spacial score (nSPS) is 34.1. The Balaban J connectivity index is 2.57. The van der Waals surface area contributed by atoms with E-state index in [1.807, 2.05) is 6.08 Å². The summed E-state index contributed by atoms with van der Waals surface area (Å²) in [4.78, 5) is 4.20. The van der Waals surface area contributed by atoms with Gasteiger partial charge in [-0.25, -0.2) is 0 Å². The van der Waals surface area contributed by atoms with E-state index >= 15 is 0 Å². The van der Waals surface area contributed by atoms with Crippen LogP contribution < -0.4 is 5.73 Å². The molecule has 12 heavy (non-hydrogen) atoms. The van der Waals surface area contributed by atoms with Crippen LogP contribution in [0.5, 0.6) is 0 Å². The molecule has 2 nitrogen and oxygen atoms in total. The number of unbranched alkanes of at least 4 members (excludes halogenated alkanes) is 1. The molecule has 0 aromatic heterocycles. The standard InChI is InChI=1S/C10H18N2/c1-3-4-6-10(2)7-5-8-12-9(10)11/h5,7-9H,3-4,6,11H2,1-2H3. The van der Waals surface area contributed by atoms with Crippen molar-refractivity contribution >= 4 is 6.21 Å². The van der Waals surface area contributed by atoms with Crippen LogP contribution in [-0.4, -0.2) is 12.4 Å². The first kappa shape index (κ1) is 9.46. The summed E-state index contributed by atoms with van der Waals surface area (Å²) in [5.41, 5.74) is 5.99. The van der Waals surface area contributed by atoms with Crippen molar-refractivity contribution in [2.45, 2.75) is 39.3 Å². The van der Waals surface area contributed by atoms with Crippen molar-refractivity contribution in [1.82, 2.24) is 0 Å². The smallest absolute Gasteiger partial charge is 0.106 e. The van der Waals surface area contributed by atoms with Gasteiger partial charge in [0.2, 0.25) is 0 Å². The van der Waals surface area contributed by atoms with Crippen molar-refractivity contribution < 1.29 is 0 Å². The predicted octanol–water partition coefficient (Wildman–Crippen LogP) is 2.11. The Morgan fingerprint density at radius 2 is 2.33 bits per heavy atom. The molecule has 0 aromatic rings. The molecule has 0 saturated heterocycles. The molecule has 1 rings (SSSR count). The zero-order chi connectivity index (χ0) is 9.03. The summed E-state index contributed by atoms with van der Waals surface area (Å²) < 4.78 is 0. The van der Waals surface area contributed by atoms with Crippen LogP contribution >= 0.6 is 0 Å². The fraction of sp³-hybridized carbons (Fsp3) is 0.700. The predicted molar refractivity (Wildman–Crippen MR) is 53.2 cm³/mol. The maximum absolute atomic E-state index is 5.90. The third-order valence-corrected chi connectivity index (χ3v) is 2.55. The zero-order valence-electron chi connectivity index (χ0n) is 7.96. The Bertz CT molecular complexity index is 196. The first-order chi connectivity index (χ1) is 5.69. The van der Waals surface area contributed by atoms with Crippen LogP contribution in [0.25, 0.3) is 0 Å². The Morgan fingerprint density at radius 1 is 1.58 bits per heavy atom. The molecular weight excluding hydrogens is 148 g/mol. The van der Waals surface area contributed by atoms with Gasteiger partial charge in [0.1, 0.15) is 6.17 Å². The van der Waals surface area contributed by atoms with E-state index in [0.717, 1.165) is 6.42 Å². The fourth-order valence-corrected chi connectivity index (χ4v) is 1.46. The average molecular weight is 166 g/mol. The van der Waals surface area contributed by atoms with Gasteiger partial charge < -0.3 is 5.73 Å². The van der Waals surface area contributed by atoms with E-state index in [9.17, 15) is 0 Å². The highest BCUT2D eigenvalue weighted by Crippen LogP contribution is 2.31. The zero-order valence-corrected chi connectivity index (χ0v) is 7.96. The molecule has 0 saturated carbocycles. The van der Waals surface area contributed by atoms with Crippen LogP contribution in [0, 0.1) is 5.41 Å². The van der Waals surface area contributed by atoms with Gasteiger partial charge in [0.05, 0.1) is 0 Å². The number of hydrogen-bond acceptors (Lipinski definition) is 2. The van der Waals surface area contributed by atoms with Crippen molar-refractivity contribution in [2.24, 2.45) is 16.1 Å².